The summed E-state index contributed by atoms with van der Waals surface area (Å²) in [6.07, 6.45) is 1.43. The Labute approximate surface area is 172 Å². The van der Waals surface area contributed by atoms with Crippen molar-refractivity contribution < 1.29 is 9.53 Å². The van der Waals surface area contributed by atoms with E-state index in [1.807, 2.05) is 30.3 Å². The van der Waals surface area contributed by atoms with Gasteiger partial charge in [0, 0.05) is 29.4 Å². The molecule has 3 aromatic rings. The number of nitrogens with one attached hydrogen (secondary N) is 1. The lowest BCUT2D eigenvalue weighted by atomic mass is 10.2. The first-order chi connectivity index (χ1) is 14.0. The summed E-state index contributed by atoms with van der Waals surface area (Å²) >= 11 is 5.99. The van der Waals surface area contributed by atoms with Crippen LogP contribution >= 0.6 is 11.6 Å². The van der Waals surface area contributed by atoms with Crippen LogP contribution in [-0.4, -0.2) is 22.2 Å². The van der Waals surface area contributed by atoms with Crippen molar-refractivity contribution in [2.75, 3.05) is 7.11 Å². The smallest absolute Gasteiger partial charge is 0.331 e. The predicted molar refractivity (Wildman–Crippen MR) is 110 cm³/mol. The van der Waals surface area contributed by atoms with Crippen LogP contribution in [0, 0.1) is 0 Å². The van der Waals surface area contributed by atoms with Crippen molar-refractivity contribution in [1.29, 1.82) is 0 Å². The zero-order valence-electron chi connectivity index (χ0n) is 15.8. The van der Waals surface area contributed by atoms with Crippen LogP contribution in [0.25, 0.3) is 0 Å². The molecule has 7 nitrogen and oxygen atoms in total. The number of nitrogens with zero attached hydrogens (tertiary/aromatic N) is 2. The SMILES string of the molecule is COc1ccc(Cl)cc1CNC(=O)Cn1c(=O)ccn(Cc2ccccc2)c1=O. The van der Waals surface area contributed by atoms with E-state index >= 15 is 0 Å². The third-order valence-corrected chi connectivity index (χ3v) is 4.59. The van der Waals surface area contributed by atoms with Crippen LogP contribution in [-0.2, 0) is 24.4 Å². The van der Waals surface area contributed by atoms with Gasteiger partial charge in [-0.3, -0.25) is 18.7 Å². The maximum absolute atomic E-state index is 12.7. The molecule has 1 aromatic heterocycles. The predicted octanol–water partition coefficient (Wildman–Crippen LogP) is 2.04. The van der Waals surface area contributed by atoms with Gasteiger partial charge < -0.3 is 10.1 Å². The van der Waals surface area contributed by atoms with Gasteiger partial charge in [0.1, 0.15) is 12.3 Å². The molecule has 29 heavy (non-hydrogen) atoms. The van der Waals surface area contributed by atoms with Crippen LogP contribution in [0.4, 0.5) is 0 Å². The monoisotopic (exact) mass is 413 g/mol. The van der Waals surface area contributed by atoms with Crippen molar-refractivity contribution in [3.05, 3.63) is 97.8 Å². The lowest BCUT2D eigenvalue weighted by Crippen LogP contribution is -2.43. The topological polar surface area (TPSA) is 82.3 Å². The molecule has 1 N–H and O–H groups in total. The van der Waals surface area contributed by atoms with Gasteiger partial charge >= 0.3 is 5.69 Å². The normalized spacial score (nSPS) is 10.6. The van der Waals surface area contributed by atoms with E-state index in [9.17, 15) is 14.4 Å². The van der Waals surface area contributed by atoms with E-state index in [-0.39, 0.29) is 13.1 Å². The van der Waals surface area contributed by atoms with Gasteiger partial charge in [-0.2, -0.15) is 0 Å². The lowest BCUT2D eigenvalue weighted by Gasteiger charge is -2.12. The Balaban J connectivity index is 1.73. The van der Waals surface area contributed by atoms with Crippen LogP contribution in [0.2, 0.25) is 5.02 Å². The number of methoxy groups -OCH3 is 1. The van der Waals surface area contributed by atoms with Gasteiger partial charge in [0.2, 0.25) is 5.91 Å². The standard InChI is InChI=1S/C21H20ClN3O4/c1-29-18-8-7-17(22)11-16(18)12-23-19(26)14-25-20(27)9-10-24(21(25)28)13-15-5-3-2-4-6-15/h2-11H,12-14H2,1H3,(H,23,26). The Morgan fingerprint density at radius 1 is 1.10 bits per heavy atom. The summed E-state index contributed by atoms with van der Waals surface area (Å²) in [6.45, 7) is 0.0832. The Morgan fingerprint density at radius 3 is 2.59 bits per heavy atom. The van der Waals surface area contributed by atoms with Crippen molar-refractivity contribution in [2.45, 2.75) is 19.6 Å². The highest BCUT2D eigenvalue weighted by molar-refractivity contribution is 6.30. The number of amides is 1. The summed E-state index contributed by atoms with van der Waals surface area (Å²) in [5.74, 6) is 0.112. The van der Waals surface area contributed by atoms with E-state index in [0.717, 1.165) is 10.1 Å². The molecule has 0 unspecified atom stereocenters. The minimum atomic E-state index is -0.545. The molecule has 0 spiro atoms. The maximum Gasteiger partial charge on any atom is 0.331 e. The van der Waals surface area contributed by atoms with E-state index in [1.165, 1.54) is 23.9 Å². The molecule has 0 saturated carbocycles. The number of benzene rings is 2. The molecule has 8 heteroatoms. The highest BCUT2D eigenvalue weighted by Crippen LogP contribution is 2.22. The largest absolute Gasteiger partial charge is 0.496 e. The lowest BCUT2D eigenvalue weighted by molar-refractivity contribution is -0.121. The van der Waals surface area contributed by atoms with Gasteiger partial charge in [-0.15, -0.1) is 0 Å². The van der Waals surface area contributed by atoms with Gasteiger partial charge in [-0.1, -0.05) is 41.9 Å². The molecule has 0 fully saturated rings. The maximum atomic E-state index is 12.7. The molecule has 0 atom stereocenters. The van der Waals surface area contributed by atoms with Crippen molar-refractivity contribution in [3.63, 3.8) is 0 Å². The molecule has 1 heterocycles. The van der Waals surface area contributed by atoms with Crippen molar-refractivity contribution in [1.82, 2.24) is 14.5 Å². The fourth-order valence-electron chi connectivity index (χ4n) is 2.88. The minimum absolute atomic E-state index is 0.155. The van der Waals surface area contributed by atoms with Crippen LogP contribution in [0.3, 0.4) is 0 Å². The van der Waals surface area contributed by atoms with Crippen molar-refractivity contribution >= 4 is 17.5 Å². The summed E-state index contributed by atoms with van der Waals surface area (Å²) in [5.41, 5.74) is 0.527. The number of ether oxygens (including phenoxy) is 1. The molecule has 0 saturated heterocycles. The summed E-state index contributed by atoms with van der Waals surface area (Å²) in [5, 5.41) is 3.20. The number of carbonyl (C=O) groups is 1. The van der Waals surface area contributed by atoms with Gasteiger partial charge in [-0.25, -0.2) is 4.79 Å². The number of carbonyl (C=O) groups excluding carboxylic acids is 1. The van der Waals surface area contributed by atoms with E-state index in [2.05, 4.69) is 5.32 Å². The average Bonchev–Trinajstić information content (AvgIpc) is 2.72. The van der Waals surface area contributed by atoms with E-state index in [4.69, 9.17) is 16.3 Å². The molecule has 0 bridgehead atoms. The zero-order valence-corrected chi connectivity index (χ0v) is 16.6. The van der Waals surface area contributed by atoms with Crippen LogP contribution < -0.4 is 21.3 Å². The molecule has 150 valence electrons. The molecular formula is C21H20ClN3O4. The van der Waals surface area contributed by atoms with Crippen molar-refractivity contribution in [3.8, 4) is 5.75 Å². The molecule has 1 amide bonds. The van der Waals surface area contributed by atoms with Gasteiger partial charge in [0.25, 0.3) is 5.56 Å². The zero-order chi connectivity index (χ0) is 20.8. The number of halogens is 1. The molecule has 0 aliphatic carbocycles. The third-order valence-electron chi connectivity index (χ3n) is 4.36. The Kier molecular flexibility index (Phi) is 6.51. The second kappa shape index (κ2) is 9.25. The summed E-state index contributed by atoms with van der Waals surface area (Å²) in [4.78, 5) is 37.1. The molecule has 0 aliphatic rings. The Bertz CT molecular complexity index is 1120. The molecule has 0 radical (unpaired) electrons. The second-order valence-corrected chi connectivity index (χ2v) is 6.81. The fourth-order valence-corrected chi connectivity index (χ4v) is 3.08. The summed E-state index contributed by atoms with van der Waals surface area (Å²) in [7, 11) is 1.52. The van der Waals surface area contributed by atoms with E-state index in [0.29, 0.717) is 22.9 Å². The van der Waals surface area contributed by atoms with Gasteiger partial charge in [0.15, 0.2) is 0 Å². The molecule has 2 aromatic carbocycles. The first-order valence-electron chi connectivity index (χ1n) is 8.91. The first-order valence-corrected chi connectivity index (χ1v) is 9.29. The highest BCUT2D eigenvalue weighted by atomic mass is 35.5. The van der Waals surface area contributed by atoms with Gasteiger partial charge in [0.05, 0.1) is 13.7 Å². The second-order valence-electron chi connectivity index (χ2n) is 6.37. The van der Waals surface area contributed by atoms with Crippen LogP contribution in [0.1, 0.15) is 11.1 Å². The fraction of sp³-hybridized carbons (Fsp3) is 0.190. The number of hydrogen-bond donors (Lipinski definition) is 1. The third kappa shape index (κ3) is 5.14. The number of aromatic nitrogens is 2. The molecule has 3 rings (SSSR count). The first kappa shape index (κ1) is 20.4. The Hall–Kier alpha value is -3.32. The Morgan fingerprint density at radius 2 is 1.86 bits per heavy atom. The summed E-state index contributed by atoms with van der Waals surface area (Å²) in [6, 6.07) is 15.7. The van der Waals surface area contributed by atoms with Crippen LogP contribution in [0.5, 0.6) is 5.75 Å². The van der Waals surface area contributed by atoms with E-state index in [1.54, 1.807) is 18.2 Å². The number of hydrogen-bond acceptors (Lipinski definition) is 4. The highest BCUT2D eigenvalue weighted by Gasteiger charge is 2.11. The van der Waals surface area contributed by atoms with Crippen molar-refractivity contribution in [2.24, 2.45) is 0 Å². The average molecular weight is 414 g/mol. The molecule has 0 aliphatic heterocycles. The quantitative estimate of drug-likeness (QED) is 0.642. The van der Waals surface area contributed by atoms with E-state index < -0.39 is 17.2 Å². The minimum Gasteiger partial charge on any atom is -0.496 e. The van der Waals surface area contributed by atoms with Gasteiger partial charge in [-0.05, 0) is 23.8 Å². The summed E-state index contributed by atoms with van der Waals surface area (Å²) < 4.78 is 7.55. The van der Waals surface area contributed by atoms with Crippen LogP contribution in [0.15, 0.2) is 70.4 Å². The molecular weight excluding hydrogens is 394 g/mol. The number of rotatable bonds is 7.